The Morgan fingerprint density at radius 3 is 3.00 bits per heavy atom. The Kier molecular flexibility index (Phi) is 4.27. The summed E-state index contributed by atoms with van der Waals surface area (Å²) in [6.07, 6.45) is 2.77. The maximum atomic E-state index is 5.64. The van der Waals surface area contributed by atoms with Crippen LogP contribution in [0.1, 0.15) is 30.0 Å². The molecule has 92 valence electrons. The van der Waals surface area contributed by atoms with Crippen molar-refractivity contribution in [2.24, 2.45) is 5.84 Å². The summed E-state index contributed by atoms with van der Waals surface area (Å²) in [4.78, 5) is 1.14. The third kappa shape index (κ3) is 2.74. The van der Waals surface area contributed by atoms with Crippen LogP contribution in [0.5, 0.6) is 0 Å². The fourth-order valence-corrected chi connectivity index (χ4v) is 3.17. The van der Waals surface area contributed by atoms with Gasteiger partial charge in [0, 0.05) is 11.4 Å². The highest BCUT2D eigenvalue weighted by molar-refractivity contribution is 9.11. The lowest BCUT2D eigenvalue weighted by Crippen LogP contribution is -2.30. The standard InChI is InChI=1S/C10H14BrN5S/c1-2-5-16-7(6-13-15-16)10(14-12)8-3-4-9(11)17-8/h3-4,6,10,14H,2,5,12H2,1H3. The van der Waals surface area contributed by atoms with E-state index in [9.17, 15) is 0 Å². The minimum atomic E-state index is -0.0622. The van der Waals surface area contributed by atoms with Gasteiger partial charge in [-0.05, 0) is 34.5 Å². The highest BCUT2D eigenvalue weighted by atomic mass is 79.9. The zero-order valence-electron chi connectivity index (χ0n) is 9.43. The van der Waals surface area contributed by atoms with Crippen molar-refractivity contribution in [3.63, 3.8) is 0 Å². The molecule has 17 heavy (non-hydrogen) atoms. The molecule has 0 amide bonds. The summed E-state index contributed by atoms with van der Waals surface area (Å²) in [5.74, 6) is 5.64. The Morgan fingerprint density at radius 2 is 2.41 bits per heavy atom. The van der Waals surface area contributed by atoms with E-state index in [2.05, 4.69) is 38.6 Å². The van der Waals surface area contributed by atoms with Gasteiger partial charge in [-0.25, -0.2) is 10.1 Å². The van der Waals surface area contributed by atoms with Gasteiger partial charge in [0.15, 0.2) is 0 Å². The molecule has 0 aliphatic rings. The van der Waals surface area contributed by atoms with Crippen LogP contribution < -0.4 is 11.3 Å². The van der Waals surface area contributed by atoms with Crippen LogP contribution in [0.3, 0.4) is 0 Å². The molecular formula is C10H14BrN5S. The molecule has 0 aliphatic heterocycles. The van der Waals surface area contributed by atoms with Crippen LogP contribution in [0.25, 0.3) is 0 Å². The Hall–Kier alpha value is -0.760. The third-order valence-corrected chi connectivity index (χ3v) is 4.11. The number of thiophene rings is 1. The van der Waals surface area contributed by atoms with E-state index in [0.717, 1.165) is 27.3 Å². The lowest BCUT2D eigenvalue weighted by Gasteiger charge is -2.15. The second kappa shape index (κ2) is 5.72. The van der Waals surface area contributed by atoms with E-state index in [0.29, 0.717) is 0 Å². The molecule has 1 atom stereocenters. The average Bonchev–Trinajstić information content (AvgIpc) is 2.91. The van der Waals surface area contributed by atoms with Crippen molar-refractivity contribution >= 4 is 27.3 Å². The second-order valence-corrected chi connectivity index (χ2v) is 6.12. The number of aryl methyl sites for hydroxylation is 1. The topological polar surface area (TPSA) is 68.8 Å². The minimum Gasteiger partial charge on any atom is -0.270 e. The quantitative estimate of drug-likeness (QED) is 0.654. The molecule has 2 rings (SSSR count). The Labute approximate surface area is 112 Å². The number of halogens is 1. The number of hydrogen-bond acceptors (Lipinski definition) is 5. The zero-order valence-corrected chi connectivity index (χ0v) is 11.8. The normalized spacial score (nSPS) is 12.9. The van der Waals surface area contributed by atoms with Crippen molar-refractivity contribution in [2.45, 2.75) is 25.9 Å². The molecule has 0 radical (unpaired) electrons. The van der Waals surface area contributed by atoms with Gasteiger partial charge in [0.2, 0.25) is 0 Å². The molecule has 7 heteroatoms. The fraction of sp³-hybridized carbons (Fsp3) is 0.400. The van der Waals surface area contributed by atoms with Crippen molar-refractivity contribution in [1.29, 1.82) is 0 Å². The van der Waals surface area contributed by atoms with E-state index in [1.54, 1.807) is 17.5 Å². The number of rotatable bonds is 5. The maximum absolute atomic E-state index is 5.64. The second-order valence-electron chi connectivity index (χ2n) is 3.62. The summed E-state index contributed by atoms with van der Waals surface area (Å²) in [5, 5.41) is 8.02. The van der Waals surface area contributed by atoms with Crippen LogP contribution in [0.15, 0.2) is 22.1 Å². The van der Waals surface area contributed by atoms with Gasteiger partial charge in [-0.15, -0.1) is 16.4 Å². The first-order valence-corrected chi connectivity index (χ1v) is 6.97. The number of hydrazine groups is 1. The SMILES string of the molecule is CCCn1nncc1C(NN)c1ccc(Br)s1. The highest BCUT2D eigenvalue weighted by Gasteiger charge is 2.19. The minimum absolute atomic E-state index is 0.0622. The molecular weight excluding hydrogens is 302 g/mol. The third-order valence-electron chi connectivity index (χ3n) is 2.42. The molecule has 2 aromatic heterocycles. The van der Waals surface area contributed by atoms with Gasteiger partial charge in [-0.2, -0.15) is 0 Å². The van der Waals surface area contributed by atoms with Crippen molar-refractivity contribution < 1.29 is 0 Å². The molecule has 0 aromatic carbocycles. The van der Waals surface area contributed by atoms with E-state index in [1.807, 2.05) is 16.8 Å². The van der Waals surface area contributed by atoms with E-state index in [1.165, 1.54) is 0 Å². The van der Waals surface area contributed by atoms with Gasteiger partial charge < -0.3 is 0 Å². The molecule has 2 heterocycles. The van der Waals surface area contributed by atoms with Gasteiger partial charge in [0.25, 0.3) is 0 Å². The Bertz CT molecular complexity index is 481. The average molecular weight is 316 g/mol. The molecule has 0 saturated carbocycles. The summed E-state index contributed by atoms with van der Waals surface area (Å²) in [6.45, 7) is 2.96. The first kappa shape index (κ1) is 12.7. The number of nitrogens with zero attached hydrogens (tertiary/aromatic N) is 3. The van der Waals surface area contributed by atoms with Crippen molar-refractivity contribution in [3.8, 4) is 0 Å². The zero-order chi connectivity index (χ0) is 12.3. The summed E-state index contributed by atoms with van der Waals surface area (Å²) in [6, 6.07) is 3.99. The summed E-state index contributed by atoms with van der Waals surface area (Å²) in [7, 11) is 0. The van der Waals surface area contributed by atoms with Crippen LogP contribution in [-0.2, 0) is 6.54 Å². The monoisotopic (exact) mass is 315 g/mol. The number of hydrogen-bond donors (Lipinski definition) is 2. The van der Waals surface area contributed by atoms with Gasteiger partial charge in [0.1, 0.15) is 0 Å². The molecule has 0 aliphatic carbocycles. The highest BCUT2D eigenvalue weighted by Crippen LogP contribution is 2.30. The molecule has 5 nitrogen and oxygen atoms in total. The first-order chi connectivity index (χ1) is 8.26. The molecule has 0 bridgehead atoms. The van der Waals surface area contributed by atoms with Crippen LogP contribution >= 0.6 is 27.3 Å². The van der Waals surface area contributed by atoms with E-state index in [4.69, 9.17) is 5.84 Å². The molecule has 3 N–H and O–H groups in total. The predicted molar refractivity (Wildman–Crippen MR) is 71.5 cm³/mol. The van der Waals surface area contributed by atoms with Crippen LogP contribution in [0.4, 0.5) is 0 Å². The van der Waals surface area contributed by atoms with Crippen LogP contribution in [0, 0.1) is 0 Å². The van der Waals surface area contributed by atoms with Gasteiger partial charge in [-0.1, -0.05) is 12.1 Å². The van der Waals surface area contributed by atoms with Gasteiger partial charge >= 0.3 is 0 Å². The number of aromatic nitrogens is 3. The van der Waals surface area contributed by atoms with Gasteiger partial charge in [-0.3, -0.25) is 5.84 Å². The maximum Gasteiger partial charge on any atom is 0.0986 e. The van der Waals surface area contributed by atoms with Crippen molar-refractivity contribution in [2.75, 3.05) is 0 Å². The van der Waals surface area contributed by atoms with Crippen LogP contribution in [0.2, 0.25) is 0 Å². The van der Waals surface area contributed by atoms with Crippen molar-refractivity contribution in [3.05, 3.63) is 32.7 Å². The lowest BCUT2D eigenvalue weighted by atomic mass is 10.2. The van der Waals surface area contributed by atoms with E-state index < -0.39 is 0 Å². The van der Waals surface area contributed by atoms with E-state index >= 15 is 0 Å². The molecule has 0 spiro atoms. The summed E-state index contributed by atoms with van der Waals surface area (Å²) in [5.41, 5.74) is 3.81. The fourth-order valence-electron chi connectivity index (χ4n) is 1.67. The van der Waals surface area contributed by atoms with Gasteiger partial charge in [0.05, 0.1) is 21.7 Å². The first-order valence-electron chi connectivity index (χ1n) is 5.36. The molecule has 0 saturated heterocycles. The molecule has 0 fully saturated rings. The molecule has 2 aromatic rings. The number of nitrogens with two attached hydrogens (primary N) is 1. The lowest BCUT2D eigenvalue weighted by molar-refractivity contribution is 0.515. The Balaban J connectivity index is 2.31. The van der Waals surface area contributed by atoms with Crippen LogP contribution in [-0.4, -0.2) is 15.0 Å². The summed E-state index contributed by atoms with van der Waals surface area (Å²) < 4.78 is 2.97. The van der Waals surface area contributed by atoms with Crippen molar-refractivity contribution in [1.82, 2.24) is 20.4 Å². The predicted octanol–water partition coefficient (Wildman–Crippen LogP) is 2.06. The smallest absolute Gasteiger partial charge is 0.0986 e. The number of nitrogens with one attached hydrogen (secondary N) is 1. The Morgan fingerprint density at radius 1 is 1.59 bits per heavy atom. The van der Waals surface area contributed by atoms with E-state index in [-0.39, 0.29) is 6.04 Å². The largest absolute Gasteiger partial charge is 0.270 e. The molecule has 1 unspecified atom stereocenters. The summed E-state index contributed by atoms with van der Waals surface area (Å²) >= 11 is 5.10.